The molecule has 1 fully saturated rings. The Kier molecular flexibility index (Phi) is 5.61. The molecule has 9 nitrogen and oxygen atoms in total. The maximum Gasteiger partial charge on any atom is 0.263 e. The van der Waals surface area contributed by atoms with Gasteiger partial charge in [-0.25, -0.2) is 9.88 Å². The highest BCUT2D eigenvalue weighted by atomic mass is 16.5. The van der Waals surface area contributed by atoms with Crippen molar-refractivity contribution in [3.05, 3.63) is 65.5 Å². The Morgan fingerprint density at radius 2 is 1.74 bits per heavy atom. The molecule has 9 heteroatoms. The van der Waals surface area contributed by atoms with Crippen molar-refractivity contribution in [2.75, 3.05) is 11.5 Å². The first-order valence-corrected chi connectivity index (χ1v) is 11.3. The van der Waals surface area contributed by atoms with Crippen molar-refractivity contribution in [2.45, 2.75) is 45.8 Å². The van der Waals surface area contributed by atoms with Gasteiger partial charge in [0.25, 0.3) is 11.8 Å². The molecule has 3 heterocycles. The number of fused-ring (bicyclic) bond motifs is 1. The predicted octanol–water partition coefficient (Wildman–Crippen LogP) is 4.10. The molecule has 2 aliphatic heterocycles. The van der Waals surface area contributed by atoms with Gasteiger partial charge >= 0.3 is 0 Å². The minimum absolute atomic E-state index is 0.207. The summed E-state index contributed by atoms with van der Waals surface area (Å²) in [5.41, 5.74) is 3.13. The van der Waals surface area contributed by atoms with Gasteiger partial charge in [0, 0.05) is 5.56 Å². The number of rotatable bonds is 7. The topological polar surface area (TPSA) is 101 Å². The molecule has 0 aliphatic carbocycles. The predicted molar refractivity (Wildman–Crippen MR) is 124 cm³/mol. The molecule has 2 aliphatic rings. The zero-order valence-corrected chi connectivity index (χ0v) is 19.3. The molecule has 0 radical (unpaired) electrons. The lowest BCUT2D eigenvalue weighted by molar-refractivity contribution is -0.123. The highest BCUT2D eigenvalue weighted by Crippen LogP contribution is 2.34. The van der Waals surface area contributed by atoms with E-state index in [1.54, 1.807) is 12.1 Å². The van der Waals surface area contributed by atoms with Crippen LogP contribution in [0.15, 0.2) is 63.3 Å². The van der Waals surface area contributed by atoms with Crippen LogP contribution >= 0.6 is 0 Å². The third-order valence-corrected chi connectivity index (χ3v) is 6.08. The van der Waals surface area contributed by atoms with E-state index in [9.17, 15) is 9.59 Å². The molecule has 0 spiro atoms. The number of aromatic nitrogens is 1. The van der Waals surface area contributed by atoms with Gasteiger partial charge in [-0.05, 0) is 62.2 Å². The number of aryl methyl sites for hydroxylation is 2. The first-order valence-electron chi connectivity index (χ1n) is 11.3. The van der Waals surface area contributed by atoms with Crippen LogP contribution in [-0.4, -0.2) is 40.5 Å². The average Bonchev–Trinajstić information content (AvgIpc) is 3.50. The quantitative estimate of drug-likeness (QED) is 0.493. The Hall–Kier alpha value is -4.01. The van der Waals surface area contributed by atoms with Crippen LogP contribution in [0.2, 0.25) is 0 Å². The van der Waals surface area contributed by atoms with E-state index in [0.29, 0.717) is 29.6 Å². The summed E-state index contributed by atoms with van der Waals surface area (Å²) in [6, 6.07) is 13.3. The van der Waals surface area contributed by atoms with E-state index < -0.39 is 12.1 Å². The summed E-state index contributed by atoms with van der Waals surface area (Å²) < 4.78 is 11.4. The van der Waals surface area contributed by atoms with Crippen LogP contribution in [0.3, 0.4) is 0 Å². The van der Waals surface area contributed by atoms with E-state index in [-0.39, 0.29) is 18.4 Å². The van der Waals surface area contributed by atoms with E-state index in [4.69, 9.17) is 9.15 Å². The summed E-state index contributed by atoms with van der Waals surface area (Å²) in [7, 11) is 0. The summed E-state index contributed by atoms with van der Waals surface area (Å²) in [6.07, 6.45) is 0.880. The van der Waals surface area contributed by atoms with Crippen molar-refractivity contribution in [3.63, 3.8) is 0 Å². The fourth-order valence-corrected chi connectivity index (χ4v) is 4.20. The maximum absolute atomic E-state index is 13.2. The number of carbonyl (C=O) groups is 2. The van der Waals surface area contributed by atoms with Crippen molar-refractivity contribution < 1.29 is 18.7 Å². The highest BCUT2D eigenvalue weighted by Gasteiger charge is 2.54. The SMILES string of the molecule is CCOc1ccc(-c2nc(CN3N=N[C@@H]4C(=O)N(c5ccc(CC)cc5)C(=O)[C@H]43)c(C)o2)cc1. The molecule has 0 saturated carbocycles. The molecule has 2 atom stereocenters. The van der Waals surface area contributed by atoms with E-state index in [1.165, 1.54) is 9.91 Å². The second kappa shape index (κ2) is 8.74. The molecule has 1 aromatic heterocycles. The Labute approximate surface area is 197 Å². The number of hydrogen-bond acceptors (Lipinski definition) is 8. The molecule has 5 rings (SSSR count). The van der Waals surface area contributed by atoms with E-state index in [0.717, 1.165) is 23.3 Å². The monoisotopic (exact) mass is 459 g/mol. The third kappa shape index (κ3) is 3.72. The Balaban J connectivity index is 1.34. The van der Waals surface area contributed by atoms with Gasteiger partial charge in [0.15, 0.2) is 12.1 Å². The number of imide groups is 1. The van der Waals surface area contributed by atoms with Gasteiger partial charge < -0.3 is 9.15 Å². The molecule has 34 heavy (non-hydrogen) atoms. The first-order chi connectivity index (χ1) is 16.5. The van der Waals surface area contributed by atoms with Crippen LogP contribution in [0.1, 0.15) is 30.9 Å². The summed E-state index contributed by atoms with van der Waals surface area (Å²) >= 11 is 0. The van der Waals surface area contributed by atoms with Crippen LogP contribution in [0, 0.1) is 6.92 Å². The summed E-state index contributed by atoms with van der Waals surface area (Å²) in [5, 5.41) is 9.75. The van der Waals surface area contributed by atoms with Gasteiger partial charge in [-0.1, -0.05) is 24.3 Å². The van der Waals surface area contributed by atoms with Crippen LogP contribution in [-0.2, 0) is 22.6 Å². The maximum atomic E-state index is 13.2. The number of ether oxygens (including phenoxy) is 1. The Bertz CT molecular complexity index is 1250. The molecule has 2 aromatic carbocycles. The van der Waals surface area contributed by atoms with Gasteiger partial charge in [0.05, 0.1) is 18.8 Å². The molecule has 174 valence electrons. The number of anilines is 1. The first kappa shape index (κ1) is 21.8. The van der Waals surface area contributed by atoms with Crippen LogP contribution in [0.5, 0.6) is 5.75 Å². The molecule has 0 bridgehead atoms. The van der Waals surface area contributed by atoms with E-state index in [2.05, 4.69) is 22.2 Å². The molecule has 2 amide bonds. The zero-order chi connectivity index (χ0) is 23.8. The zero-order valence-electron chi connectivity index (χ0n) is 19.3. The lowest BCUT2D eigenvalue weighted by Crippen LogP contribution is -2.39. The van der Waals surface area contributed by atoms with Gasteiger partial charge in [0.2, 0.25) is 5.89 Å². The number of benzene rings is 2. The van der Waals surface area contributed by atoms with Crippen molar-refractivity contribution in [2.24, 2.45) is 10.3 Å². The van der Waals surface area contributed by atoms with Crippen molar-refractivity contribution >= 4 is 17.5 Å². The number of carbonyl (C=O) groups excluding carboxylic acids is 2. The van der Waals surface area contributed by atoms with Crippen LogP contribution in [0.4, 0.5) is 5.69 Å². The molecule has 0 unspecified atom stereocenters. The normalized spacial score (nSPS) is 19.3. The van der Waals surface area contributed by atoms with Gasteiger partial charge in [0.1, 0.15) is 17.2 Å². The average molecular weight is 460 g/mol. The minimum Gasteiger partial charge on any atom is -0.494 e. The minimum atomic E-state index is -0.851. The third-order valence-electron chi connectivity index (χ3n) is 6.08. The second-order valence-electron chi connectivity index (χ2n) is 8.20. The van der Waals surface area contributed by atoms with Gasteiger partial charge in [-0.15, -0.1) is 0 Å². The lowest BCUT2D eigenvalue weighted by Gasteiger charge is -2.20. The number of oxazole rings is 1. The van der Waals surface area contributed by atoms with Crippen LogP contribution < -0.4 is 9.64 Å². The standard InChI is InChI=1S/C25H25N5O4/c1-4-16-6-10-18(11-7-16)30-24(31)21-22(25(30)32)29(28-27-21)14-20-15(3)34-23(26-20)17-8-12-19(13-9-17)33-5-2/h6-13,21-22H,4-5,14H2,1-3H3/t21-,22-/m0/s1. The fraction of sp³-hybridized carbons (Fsp3) is 0.320. The molecule has 3 aromatic rings. The molecule has 0 N–H and O–H groups in total. The largest absolute Gasteiger partial charge is 0.494 e. The molecular formula is C25H25N5O4. The van der Waals surface area contributed by atoms with Gasteiger partial charge in [-0.3, -0.25) is 14.6 Å². The van der Waals surface area contributed by atoms with Crippen molar-refractivity contribution in [1.82, 2.24) is 9.99 Å². The number of nitrogens with zero attached hydrogens (tertiary/aromatic N) is 5. The Morgan fingerprint density at radius 1 is 1.00 bits per heavy atom. The van der Waals surface area contributed by atoms with E-state index >= 15 is 0 Å². The highest BCUT2D eigenvalue weighted by molar-refractivity contribution is 6.25. The molecule has 1 saturated heterocycles. The smallest absolute Gasteiger partial charge is 0.263 e. The van der Waals surface area contributed by atoms with Crippen molar-refractivity contribution in [1.29, 1.82) is 0 Å². The fourth-order valence-electron chi connectivity index (χ4n) is 4.20. The number of hydrogen-bond donors (Lipinski definition) is 0. The lowest BCUT2D eigenvalue weighted by atomic mass is 10.1. The summed E-state index contributed by atoms with van der Waals surface area (Å²) in [5.74, 6) is 1.16. The Morgan fingerprint density at radius 3 is 2.41 bits per heavy atom. The van der Waals surface area contributed by atoms with E-state index in [1.807, 2.05) is 50.2 Å². The summed E-state index contributed by atoms with van der Waals surface area (Å²) in [6.45, 7) is 6.60. The molecular weight excluding hydrogens is 434 g/mol. The van der Waals surface area contributed by atoms with Crippen molar-refractivity contribution in [3.8, 4) is 17.2 Å². The number of amides is 2. The second-order valence-corrected chi connectivity index (χ2v) is 8.20. The van der Waals surface area contributed by atoms with Gasteiger partial charge in [-0.2, -0.15) is 5.11 Å². The van der Waals surface area contributed by atoms with Crippen LogP contribution in [0.25, 0.3) is 11.5 Å². The summed E-state index contributed by atoms with van der Waals surface area (Å²) in [4.78, 5) is 32.0.